The molecule has 0 radical (unpaired) electrons. The van der Waals surface area contributed by atoms with E-state index in [1.807, 2.05) is 23.6 Å². The van der Waals surface area contributed by atoms with E-state index in [-0.39, 0.29) is 31.4 Å². The molecule has 1 N–H and O–H groups in total. The highest BCUT2D eigenvalue weighted by atomic mass is 32.1. The number of carbonyl (C=O) groups is 2. The fourth-order valence-corrected chi connectivity index (χ4v) is 3.86. The van der Waals surface area contributed by atoms with Gasteiger partial charge in [0.05, 0.1) is 18.2 Å². The summed E-state index contributed by atoms with van der Waals surface area (Å²) in [5, 5.41) is 13.7. The van der Waals surface area contributed by atoms with Crippen LogP contribution in [0.25, 0.3) is 0 Å². The predicted octanol–water partition coefficient (Wildman–Crippen LogP) is 5.01. The second kappa shape index (κ2) is 11.6. The van der Waals surface area contributed by atoms with Gasteiger partial charge in [-0.15, -0.1) is 17.9 Å². The van der Waals surface area contributed by atoms with Crippen molar-refractivity contribution in [2.24, 2.45) is 0 Å². The van der Waals surface area contributed by atoms with Crippen molar-refractivity contribution in [2.45, 2.75) is 13.1 Å². The predicted molar refractivity (Wildman–Crippen MR) is 127 cm³/mol. The molecule has 0 spiro atoms. The summed E-state index contributed by atoms with van der Waals surface area (Å²) in [6, 6.07) is 17.9. The van der Waals surface area contributed by atoms with E-state index in [1.54, 1.807) is 47.4 Å². The highest BCUT2D eigenvalue weighted by molar-refractivity contribution is 7.09. The van der Waals surface area contributed by atoms with Crippen LogP contribution < -0.4 is 5.32 Å². The van der Waals surface area contributed by atoms with Gasteiger partial charge in [-0.2, -0.15) is 5.26 Å². The zero-order chi connectivity index (χ0) is 23.6. The van der Waals surface area contributed by atoms with Gasteiger partial charge in [-0.25, -0.2) is 9.18 Å². The second-order valence-corrected chi connectivity index (χ2v) is 8.28. The SMILES string of the molecule is C=CCN(CC(=O)N(Cc1ccc(F)cc1)Cc1cccs1)C(=O)Nc1cccc(C#N)c1. The standard InChI is InChI=1S/C25H23FN4O2S/c1-2-12-29(25(32)28-22-6-3-5-20(14-22)15-27)18-24(31)30(17-23-7-4-13-33-23)16-19-8-10-21(26)11-9-19/h2-11,13-14H,1,12,16-18H2,(H,28,32). The van der Waals surface area contributed by atoms with Crippen LogP contribution in [0.5, 0.6) is 0 Å². The minimum Gasteiger partial charge on any atom is -0.332 e. The van der Waals surface area contributed by atoms with E-state index in [0.717, 1.165) is 10.4 Å². The quantitative estimate of drug-likeness (QED) is 0.454. The van der Waals surface area contributed by atoms with Crippen LogP contribution in [-0.2, 0) is 17.9 Å². The number of amides is 3. The number of benzene rings is 2. The van der Waals surface area contributed by atoms with Crippen molar-refractivity contribution in [1.82, 2.24) is 9.80 Å². The van der Waals surface area contributed by atoms with Crippen LogP contribution >= 0.6 is 11.3 Å². The monoisotopic (exact) mass is 462 g/mol. The molecule has 1 heterocycles. The second-order valence-electron chi connectivity index (χ2n) is 7.25. The Morgan fingerprint density at radius 3 is 2.55 bits per heavy atom. The fourth-order valence-electron chi connectivity index (χ4n) is 3.14. The first-order chi connectivity index (χ1) is 16.0. The lowest BCUT2D eigenvalue weighted by atomic mass is 10.2. The van der Waals surface area contributed by atoms with E-state index in [2.05, 4.69) is 11.9 Å². The summed E-state index contributed by atoms with van der Waals surface area (Å²) in [7, 11) is 0. The lowest BCUT2D eigenvalue weighted by molar-refractivity contribution is -0.132. The largest absolute Gasteiger partial charge is 0.332 e. The maximum atomic E-state index is 13.3. The van der Waals surface area contributed by atoms with E-state index in [1.165, 1.54) is 28.4 Å². The topological polar surface area (TPSA) is 76.4 Å². The first kappa shape index (κ1) is 23.7. The molecule has 0 aliphatic rings. The Hall–Kier alpha value is -3.96. The Labute approximate surface area is 196 Å². The van der Waals surface area contributed by atoms with E-state index < -0.39 is 6.03 Å². The molecular formula is C25H23FN4O2S. The normalized spacial score (nSPS) is 10.2. The number of thiophene rings is 1. The van der Waals surface area contributed by atoms with Gasteiger partial charge in [0.15, 0.2) is 0 Å². The molecule has 3 rings (SSSR count). The fraction of sp³-hybridized carbons (Fsp3) is 0.160. The van der Waals surface area contributed by atoms with Crippen LogP contribution in [0.15, 0.2) is 78.7 Å². The molecule has 0 unspecified atom stereocenters. The summed E-state index contributed by atoms with van der Waals surface area (Å²) >= 11 is 1.53. The maximum absolute atomic E-state index is 13.3. The number of carbonyl (C=O) groups excluding carboxylic acids is 2. The number of nitriles is 1. The van der Waals surface area contributed by atoms with Gasteiger partial charge in [0, 0.05) is 23.7 Å². The number of urea groups is 1. The van der Waals surface area contributed by atoms with Gasteiger partial charge >= 0.3 is 6.03 Å². The molecule has 3 amide bonds. The highest BCUT2D eigenvalue weighted by Gasteiger charge is 2.22. The summed E-state index contributed by atoms with van der Waals surface area (Å²) in [4.78, 5) is 30.1. The number of hydrogen-bond donors (Lipinski definition) is 1. The van der Waals surface area contributed by atoms with E-state index >= 15 is 0 Å². The third kappa shape index (κ3) is 7.02. The van der Waals surface area contributed by atoms with Gasteiger partial charge in [0.2, 0.25) is 5.91 Å². The van der Waals surface area contributed by atoms with Crippen molar-refractivity contribution in [3.63, 3.8) is 0 Å². The summed E-state index contributed by atoms with van der Waals surface area (Å²) in [6.07, 6.45) is 1.54. The van der Waals surface area contributed by atoms with Gasteiger partial charge in [-0.05, 0) is 47.3 Å². The summed E-state index contributed by atoms with van der Waals surface area (Å²) < 4.78 is 13.3. The van der Waals surface area contributed by atoms with Crippen LogP contribution in [0.4, 0.5) is 14.9 Å². The molecule has 2 aromatic carbocycles. The average Bonchev–Trinajstić information content (AvgIpc) is 3.33. The number of hydrogen-bond acceptors (Lipinski definition) is 4. The molecule has 1 aromatic heterocycles. The van der Waals surface area contributed by atoms with Gasteiger partial charge < -0.3 is 15.1 Å². The smallest absolute Gasteiger partial charge is 0.322 e. The van der Waals surface area contributed by atoms with E-state index in [0.29, 0.717) is 17.8 Å². The molecule has 0 aliphatic heterocycles. The van der Waals surface area contributed by atoms with Crippen molar-refractivity contribution in [3.8, 4) is 6.07 Å². The van der Waals surface area contributed by atoms with E-state index in [4.69, 9.17) is 5.26 Å². The van der Waals surface area contributed by atoms with Crippen molar-refractivity contribution < 1.29 is 14.0 Å². The van der Waals surface area contributed by atoms with Crippen molar-refractivity contribution >= 4 is 29.0 Å². The Bertz CT molecular complexity index is 1140. The summed E-state index contributed by atoms with van der Waals surface area (Å²) in [5.74, 6) is -0.598. The average molecular weight is 463 g/mol. The molecule has 3 aromatic rings. The molecule has 0 fully saturated rings. The Kier molecular flexibility index (Phi) is 8.33. The maximum Gasteiger partial charge on any atom is 0.322 e. The molecule has 0 saturated heterocycles. The minimum absolute atomic E-state index is 0.164. The highest BCUT2D eigenvalue weighted by Crippen LogP contribution is 2.16. The van der Waals surface area contributed by atoms with Gasteiger partial charge in [-0.3, -0.25) is 4.79 Å². The first-order valence-corrected chi connectivity index (χ1v) is 11.1. The van der Waals surface area contributed by atoms with Gasteiger partial charge in [0.1, 0.15) is 12.4 Å². The van der Waals surface area contributed by atoms with Gasteiger partial charge in [-0.1, -0.05) is 30.3 Å². The van der Waals surface area contributed by atoms with Crippen LogP contribution in [0.2, 0.25) is 0 Å². The molecular weight excluding hydrogens is 439 g/mol. The Morgan fingerprint density at radius 2 is 1.88 bits per heavy atom. The zero-order valence-electron chi connectivity index (χ0n) is 17.9. The van der Waals surface area contributed by atoms with E-state index in [9.17, 15) is 14.0 Å². The first-order valence-electron chi connectivity index (χ1n) is 10.2. The lowest BCUT2D eigenvalue weighted by Crippen LogP contribution is -2.44. The van der Waals surface area contributed by atoms with Crippen LogP contribution in [0.1, 0.15) is 16.0 Å². The molecule has 0 bridgehead atoms. The number of anilines is 1. The van der Waals surface area contributed by atoms with Gasteiger partial charge in [0.25, 0.3) is 0 Å². The van der Waals surface area contributed by atoms with Crippen LogP contribution in [0.3, 0.4) is 0 Å². The van der Waals surface area contributed by atoms with Crippen LogP contribution in [-0.4, -0.2) is 34.8 Å². The minimum atomic E-state index is -0.476. The van der Waals surface area contributed by atoms with Crippen molar-refractivity contribution in [3.05, 3.63) is 101 Å². The third-order valence-electron chi connectivity index (χ3n) is 4.77. The molecule has 33 heavy (non-hydrogen) atoms. The van der Waals surface area contributed by atoms with Crippen molar-refractivity contribution in [2.75, 3.05) is 18.4 Å². The Morgan fingerprint density at radius 1 is 1.09 bits per heavy atom. The number of rotatable bonds is 9. The lowest BCUT2D eigenvalue weighted by Gasteiger charge is -2.27. The third-order valence-corrected chi connectivity index (χ3v) is 5.63. The summed E-state index contributed by atoms with van der Waals surface area (Å²) in [5.41, 5.74) is 1.66. The molecule has 168 valence electrons. The summed E-state index contributed by atoms with van der Waals surface area (Å²) in [6.45, 7) is 4.34. The molecule has 0 atom stereocenters. The number of halogens is 1. The Balaban J connectivity index is 1.74. The zero-order valence-corrected chi connectivity index (χ0v) is 18.7. The number of nitrogens with zero attached hydrogens (tertiary/aromatic N) is 3. The molecule has 0 saturated carbocycles. The molecule has 6 nitrogen and oxygen atoms in total. The van der Waals surface area contributed by atoms with Crippen molar-refractivity contribution in [1.29, 1.82) is 5.26 Å². The number of nitrogens with one attached hydrogen (secondary N) is 1. The van der Waals surface area contributed by atoms with Crippen LogP contribution in [0, 0.1) is 17.1 Å². The molecule has 0 aliphatic carbocycles. The molecule has 8 heteroatoms.